The van der Waals surface area contributed by atoms with Crippen molar-refractivity contribution < 1.29 is 14.7 Å². The molecule has 2 aromatic rings. The van der Waals surface area contributed by atoms with Crippen LogP contribution in [0.15, 0.2) is 55.1 Å². The molecule has 0 amide bonds. The van der Waals surface area contributed by atoms with Crippen molar-refractivity contribution >= 4 is 17.6 Å². The number of aromatic hydroxyl groups is 1. The molecule has 2 aromatic carbocycles. The fourth-order valence-corrected chi connectivity index (χ4v) is 6.35. The molecule has 1 atom stereocenters. The standard InChI is InChI=1S/C36H48O3/c1-5-11-30(12-8-9-14-34(37)15-10-13-29-22-23-35(38)24-26(29)4)31-17-19-32(20-18-31)36(39)33-21-16-27(6-2)28(7-3)25-33/h7,10,15-16,21-25,30-32,38H,3,5-6,8-9,11-14,17-20H2,1-2,4H3/b15-10-. The topological polar surface area (TPSA) is 54.4 Å². The van der Waals surface area contributed by atoms with E-state index in [1.807, 2.05) is 37.3 Å². The van der Waals surface area contributed by atoms with Crippen LogP contribution in [0, 0.1) is 24.7 Å². The second-order valence-electron chi connectivity index (χ2n) is 11.4. The van der Waals surface area contributed by atoms with Gasteiger partial charge in [0.1, 0.15) is 5.75 Å². The number of benzene rings is 2. The largest absolute Gasteiger partial charge is 0.508 e. The lowest BCUT2D eigenvalue weighted by atomic mass is 9.71. The summed E-state index contributed by atoms with van der Waals surface area (Å²) in [5.41, 5.74) is 5.34. The lowest BCUT2D eigenvalue weighted by molar-refractivity contribution is -0.114. The molecule has 1 unspecified atom stereocenters. The van der Waals surface area contributed by atoms with Crippen molar-refractivity contribution in [1.29, 1.82) is 0 Å². The van der Waals surface area contributed by atoms with Gasteiger partial charge in [0, 0.05) is 17.9 Å². The van der Waals surface area contributed by atoms with Crippen molar-refractivity contribution in [2.75, 3.05) is 0 Å². The van der Waals surface area contributed by atoms with Crippen LogP contribution in [0.4, 0.5) is 0 Å². The van der Waals surface area contributed by atoms with Crippen LogP contribution in [0.1, 0.15) is 111 Å². The summed E-state index contributed by atoms with van der Waals surface area (Å²) in [7, 11) is 0. The Labute approximate surface area is 236 Å². The van der Waals surface area contributed by atoms with Crippen LogP contribution in [0.2, 0.25) is 0 Å². The molecule has 3 heteroatoms. The number of carbonyl (C=O) groups excluding carboxylic acids is 2. The van der Waals surface area contributed by atoms with Crippen molar-refractivity contribution in [2.24, 2.45) is 17.8 Å². The summed E-state index contributed by atoms with van der Waals surface area (Å²) in [4.78, 5) is 25.6. The second-order valence-corrected chi connectivity index (χ2v) is 11.4. The van der Waals surface area contributed by atoms with Gasteiger partial charge in [0.15, 0.2) is 11.6 Å². The minimum absolute atomic E-state index is 0.142. The van der Waals surface area contributed by atoms with Crippen LogP contribution in [0.25, 0.3) is 6.08 Å². The third-order valence-electron chi connectivity index (χ3n) is 8.72. The number of hydrogen-bond acceptors (Lipinski definition) is 3. The number of rotatable bonds is 15. The molecule has 0 heterocycles. The molecule has 0 aromatic heterocycles. The maximum Gasteiger partial charge on any atom is 0.165 e. The number of unbranched alkanes of at least 4 members (excludes halogenated alkanes) is 1. The predicted molar refractivity (Wildman–Crippen MR) is 163 cm³/mol. The van der Waals surface area contributed by atoms with E-state index >= 15 is 0 Å². The van der Waals surface area contributed by atoms with Gasteiger partial charge in [0.05, 0.1) is 0 Å². The van der Waals surface area contributed by atoms with E-state index in [1.165, 1.54) is 24.8 Å². The van der Waals surface area contributed by atoms with Crippen LogP contribution < -0.4 is 0 Å². The van der Waals surface area contributed by atoms with Gasteiger partial charge in [-0.3, -0.25) is 9.59 Å². The SMILES string of the molecule is C=Cc1cc(C(=O)C2CCC(C(CCC)CCCCC(=O)/C=C\Cc3ccc(O)cc3C)CC2)ccc1CC. The molecular weight excluding hydrogens is 480 g/mol. The Morgan fingerprint density at radius 1 is 1.00 bits per heavy atom. The lowest BCUT2D eigenvalue weighted by Gasteiger charge is -2.33. The van der Waals surface area contributed by atoms with E-state index in [4.69, 9.17) is 0 Å². The second kappa shape index (κ2) is 15.6. The fraction of sp³-hybridized carbons (Fsp3) is 0.500. The molecule has 3 nitrogen and oxygen atoms in total. The molecule has 0 spiro atoms. The highest BCUT2D eigenvalue weighted by Gasteiger charge is 2.30. The summed E-state index contributed by atoms with van der Waals surface area (Å²) in [6.07, 6.45) is 17.7. The summed E-state index contributed by atoms with van der Waals surface area (Å²) in [6.45, 7) is 10.3. The summed E-state index contributed by atoms with van der Waals surface area (Å²) in [5.74, 6) is 2.32. The third-order valence-corrected chi connectivity index (χ3v) is 8.72. The highest BCUT2D eigenvalue weighted by atomic mass is 16.3. The molecule has 3 rings (SSSR count). The van der Waals surface area contributed by atoms with E-state index in [-0.39, 0.29) is 17.5 Å². The zero-order valence-electron chi connectivity index (χ0n) is 24.4. The zero-order valence-corrected chi connectivity index (χ0v) is 24.4. The van der Waals surface area contributed by atoms with E-state index in [2.05, 4.69) is 26.5 Å². The number of aryl methyl sites for hydroxylation is 2. The van der Waals surface area contributed by atoms with Gasteiger partial charge >= 0.3 is 0 Å². The van der Waals surface area contributed by atoms with E-state index in [0.29, 0.717) is 30.5 Å². The number of phenols is 1. The molecule has 0 radical (unpaired) electrons. The molecule has 0 bridgehead atoms. The molecule has 1 aliphatic rings. The van der Waals surface area contributed by atoms with E-state index in [0.717, 1.165) is 67.2 Å². The van der Waals surface area contributed by atoms with Gasteiger partial charge in [-0.05, 0) is 110 Å². The van der Waals surface area contributed by atoms with Crippen LogP contribution in [-0.2, 0) is 17.6 Å². The molecule has 39 heavy (non-hydrogen) atoms. The van der Waals surface area contributed by atoms with Gasteiger partial charge in [0.25, 0.3) is 0 Å². The Morgan fingerprint density at radius 3 is 2.41 bits per heavy atom. The summed E-state index contributed by atoms with van der Waals surface area (Å²) >= 11 is 0. The predicted octanol–water partition coefficient (Wildman–Crippen LogP) is 9.24. The van der Waals surface area contributed by atoms with Gasteiger partial charge in [-0.25, -0.2) is 0 Å². The van der Waals surface area contributed by atoms with Crippen molar-refractivity contribution in [1.82, 2.24) is 0 Å². The Kier molecular flexibility index (Phi) is 12.2. The molecule has 1 saturated carbocycles. The summed E-state index contributed by atoms with van der Waals surface area (Å²) in [5, 5.41) is 9.55. The normalized spacial score (nSPS) is 18.2. The van der Waals surface area contributed by atoms with Crippen molar-refractivity contribution in [3.05, 3.63) is 82.9 Å². The van der Waals surface area contributed by atoms with Gasteiger partial charge < -0.3 is 5.11 Å². The average Bonchev–Trinajstić information content (AvgIpc) is 2.95. The maximum absolute atomic E-state index is 13.2. The average molecular weight is 529 g/mol. The van der Waals surface area contributed by atoms with Gasteiger partial charge in [-0.1, -0.05) is 76.5 Å². The minimum atomic E-state index is 0.142. The maximum atomic E-state index is 13.2. The molecular formula is C36H48O3. The molecule has 1 fully saturated rings. The summed E-state index contributed by atoms with van der Waals surface area (Å²) in [6, 6.07) is 11.5. The molecule has 0 saturated heterocycles. The first kappa shape index (κ1) is 30.6. The number of Topliss-reactive ketones (excluding diaryl/α,β-unsaturated/α-hetero) is 1. The Hall–Kier alpha value is -2.94. The molecule has 0 aliphatic heterocycles. The number of hydrogen-bond donors (Lipinski definition) is 1. The number of carbonyl (C=O) groups is 2. The van der Waals surface area contributed by atoms with E-state index < -0.39 is 0 Å². The zero-order chi connectivity index (χ0) is 28.2. The number of allylic oxidation sites excluding steroid dienone is 2. The van der Waals surface area contributed by atoms with Crippen molar-refractivity contribution in [2.45, 2.75) is 97.8 Å². The van der Waals surface area contributed by atoms with Gasteiger partial charge in [-0.15, -0.1) is 0 Å². The first-order valence-corrected chi connectivity index (χ1v) is 15.1. The van der Waals surface area contributed by atoms with E-state index in [1.54, 1.807) is 18.2 Å². The number of phenolic OH excluding ortho intramolecular Hbond substituents is 1. The highest BCUT2D eigenvalue weighted by molar-refractivity contribution is 5.98. The van der Waals surface area contributed by atoms with Gasteiger partial charge in [0.2, 0.25) is 0 Å². The third kappa shape index (κ3) is 9.05. The Morgan fingerprint density at radius 2 is 1.74 bits per heavy atom. The van der Waals surface area contributed by atoms with Crippen LogP contribution in [-0.4, -0.2) is 16.7 Å². The monoisotopic (exact) mass is 528 g/mol. The van der Waals surface area contributed by atoms with E-state index in [9.17, 15) is 14.7 Å². The van der Waals surface area contributed by atoms with Crippen LogP contribution in [0.5, 0.6) is 5.75 Å². The highest BCUT2D eigenvalue weighted by Crippen LogP contribution is 2.39. The van der Waals surface area contributed by atoms with Crippen molar-refractivity contribution in [3.63, 3.8) is 0 Å². The Balaban J connectivity index is 1.42. The molecule has 1 aliphatic carbocycles. The Bertz CT molecular complexity index is 1130. The molecule has 210 valence electrons. The first-order valence-electron chi connectivity index (χ1n) is 15.1. The van der Waals surface area contributed by atoms with Crippen LogP contribution >= 0.6 is 0 Å². The quantitative estimate of drug-likeness (QED) is 0.142. The molecule has 1 N–H and O–H groups in total. The van der Waals surface area contributed by atoms with Crippen LogP contribution in [0.3, 0.4) is 0 Å². The smallest absolute Gasteiger partial charge is 0.165 e. The lowest BCUT2D eigenvalue weighted by Crippen LogP contribution is -2.26. The van der Waals surface area contributed by atoms with Gasteiger partial charge in [-0.2, -0.15) is 0 Å². The first-order chi connectivity index (χ1) is 18.9. The fourth-order valence-electron chi connectivity index (χ4n) is 6.35. The van der Waals surface area contributed by atoms with Crippen molar-refractivity contribution in [3.8, 4) is 5.75 Å². The minimum Gasteiger partial charge on any atom is -0.508 e. The summed E-state index contributed by atoms with van der Waals surface area (Å²) < 4.78 is 0. The number of ketones is 2.